The highest BCUT2D eigenvalue weighted by Crippen LogP contribution is 2.38. The summed E-state index contributed by atoms with van der Waals surface area (Å²) in [6.45, 7) is 6.33. The highest BCUT2D eigenvalue weighted by molar-refractivity contribution is 7.90. The van der Waals surface area contributed by atoms with Crippen molar-refractivity contribution in [2.45, 2.75) is 49.9 Å². The number of fused-ring (bicyclic) bond motifs is 3. The zero-order valence-corrected chi connectivity index (χ0v) is 20.1. The van der Waals surface area contributed by atoms with Crippen molar-refractivity contribution in [1.82, 2.24) is 20.0 Å². The Hall–Kier alpha value is -2.91. The van der Waals surface area contributed by atoms with Crippen LogP contribution in [0.2, 0.25) is 0 Å². The van der Waals surface area contributed by atoms with Gasteiger partial charge in [0.2, 0.25) is 0 Å². The van der Waals surface area contributed by atoms with Crippen LogP contribution in [0.15, 0.2) is 52.0 Å². The molecule has 1 amide bonds. The number of rotatable bonds is 9. The Balaban J connectivity index is 1.43. The van der Waals surface area contributed by atoms with E-state index in [2.05, 4.69) is 29.2 Å². The van der Waals surface area contributed by atoms with Gasteiger partial charge in [-0.2, -0.15) is 5.10 Å². The predicted molar refractivity (Wildman–Crippen MR) is 125 cm³/mol. The third-order valence-electron chi connectivity index (χ3n) is 6.23. The normalized spacial score (nSPS) is 15.2. The maximum absolute atomic E-state index is 12.9. The predicted octanol–water partition coefficient (Wildman–Crippen LogP) is 3.39. The topological polar surface area (TPSA) is 97.4 Å². The van der Waals surface area contributed by atoms with Gasteiger partial charge in [-0.05, 0) is 38.0 Å². The molecule has 0 radical (unpaired) electrons. The first kappa shape index (κ1) is 23.3. The molecule has 0 fully saturated rings. The van der Waals surface area contributed by atoms with Crippen molar-refractivity contribution in [3.05, 3.63) is 59.7 Å². The van der Waals surface area contributed by atoms with Crippen LogP contribution < -0.4 is 5.32 Å². The van der Waals surface area contributed by atoms with E-state index in [-0.39, 0.29) is 22.2 Å². The summed E-state index contributed by atoms with van der Waals surface area (Å²) in [7, 11) is -1.78. The summed E-state index contributed by atoms with van der Waals surface area (Å²) >= 11 is 0. The molecular formula is C24H30N4O4S. The lowest BCUT2D eigenvalue weighted by Crippen LogP contribution is -2.35. The highest BCUT2D eigenvalue weighted by atomic mass is 32.2. The van der Waals surface area contributed by atoms with Gasteiger partial charge in [-0.1, -0.05) is 25.1 Å². The summed E-state index contributed by atoms with van der Waals surface area (Å²) in [5.41, 5.74) is 1.93. The number of hydrogen-bond donors (Lipinski definition) is 1. The zero-order chi connectivity index (χ0) is 23.6. The SMILES string of the molecule is CCC(C)N(CCCNC(=O)c1nn(C)c2c1CS(=O)(=O)c1ccccc1-2)Cc1ccco1. The van der Waals surface area contributed by atoms with Gasteiger partial charge < -0.3 is 9.73 Å². The smallest absolute Gasteiger partial charge is 0.272 e. The number of benzene rings is 1. The number of aryl methyl sites for hydroxylation is 1. The van der Waals surface area contributed by atoms with Gasteiger partial charge in [-0.25, -0.2) is 8.42 Å². The molecule has 3 heterocycles. The third kappa shape index (κ3) is 4.74. The summed E-state index contributed by atoms with van der Waals surface area (Å²) in [4.78, 5) is 15.6. The molecule has 0 saturated heterocycles. The van der Waals surface area contributed by atoms with Crippen molar-refractivity contribution in [3.63, 3.8) is 0 Å². The van der Waals surface area contributed by atoms with E-state index in [1.807, 2.05) is 12.1 Å². The summed E-state index contributed by atoms with van der Waals surface area (Å²) in [6.07, 6.45) is 3.45. The molecule has 3 aromatic rings. The number of carbonyl (C=O) groups is 1. The third-order valence-corrected chi connectivity index (χ3v) is 7.93. The average molecular weight is 471 g/mol. The van der Waals surface area contributed by atoms with Crippen LogP contribution in [0.25, 0.3) is 11.3 Å². The van der Waals surface area contributed by atoms with Crippen molar-refractivity contribution >= 4 is 15.7 Å². The number of nitrogens with one attached hydrogen (secondary N) is 1. The van der Waals surface area contributed by atoms with Gasteiger partial charge in [0.25, 0.3) is 5.91 Å². The quantitative estimate of drug-likeness (QED) is 0.482. The first-order valence-electron chi connectivity index (χ1n) is 11.2. The number of nitrogens with zero attached hydrogens (tertiary/aromatic N) is 3. The molecule has 1 aromatic carbocycles. The number of furan rings is 1. The fourth-order valence-corrected chi connectivity index (χ4v) is 5.90. The lowest BCUT2D eigenvalue weighted by molar-refractivity contribution is 0.0943. The van der Waals surface area contributed by atoms with Gasteiger partial charge in [0.1, 0.15) is 5.76 Å². The van der Waals surface area contributed by atoms with E-state index in [1.165, 1.54) is 0 Å². The van der Waals surface area contributed by atoms with Crippen LogP contribution in [-0.2, 0) is 29.2 Å². The molecule has 1 unspecified atom stereocenters. The minimum absolute atomic E-state index is 0.181. The maximum Gasteiger partial charge on any atom is 0.272 e. The molecule has 1 atom stereocenters. The molecule has 176 valence electrons. The Morgan fingerprint density at radius 1 is 1.27 bits per heavy atom. The number of amides is 1. The fraction of sp³-hybridized carbons (Fsp3) is 0.417. The molecule has 2 aromatic heterocycles. The van der Waals surface area contributed by atoms with Crippen molar-refractivity contribution in [3.8, 4) is 11.3 Å². The van der Waals surface area contributed by atoms with Crippen molar-refractivity contribution in [2.75, 3.05) is 13.1 Å². The minimum Gasteiger partial charge on any atom is -0.468 e. The number of hydrogen-bond acceptors (Lipinski definition) is 6. The molecule has 1 aliphatic heterocycles. The van der Waals surface area contributed by atoms with Gasteiger partial charge in [0.15, 0.2) is 15.5 Å². The molecule has 8 nitrogen and oxygen atoms in total. The second-order valence-corrected chi connectivity index (χ2v) is 10.4. The van der Waals surface area contributed by atoms with Gasteiger partial charge in [-0.3, -0.25) is 14.4 Å². The van der Waals surface area contributed by atoms with E-state index in [0.29, 0.717) is 29.4 Å². The number of carbonyl (C=O) groups excluding carboxylic acids is 1. The first-order valence-corrected chi connectivity index (χ1v) is 12.9. The lowest BCUT2D eigenvalue weighted by atomic mass is 10.1. The van der Waals surface area contributed by atoms with E-state index in [4.69, 9.17) is 4.42 Å². The van der Waals surface area contributed by atoms with E-state index in [1.54, 1.807) is 42.3 Å². The molecule has 0 aliphatic carbocycles. The Morgan fingerprint density at radius 3 is 2.79 bits per heavy atom. The van der Waals surface area contributed by atoms with Crippen LogP contribution in [0.1, 0.15) is 48.5 Å². The van der Waals surface area contributed by atoms with Crippen molar-refractivity contribution < 1.29 is 17.6 Å². The first-order chi connectivity index (χ1) is 15.8. The Labute approximate surface area is 194 Å². The monoisotopic (exact) mass is 470 g/mol. The van der Waals surface area contributed by atoms with Gasteiger partial charge in [-0.15, -0.1) is 0 Å². The number of sulfone groups is 1. The molecule has 0 saturated carbocycles. The van der Waals surface area contributed by atoms with Gasteiger partial charge >= 0.3 is 0 Å². The van der Waals surface area contributed by atoms with Crippen LogP contribution in [0.5, 0.6) is 0 Å². The lowest BCUT2D eigenvalue weighted by Gasteiger charge is -2.27. The molecular weight excluding hydrogens is 440 g/mol. The zero-order valence-electron chi connectivity index (χ0n) is 19.2. The Bertz CT molecular complexity index is 1230. The molecule has 1 aliphatic rings. The van der Waals surface area contributed by atoms with E-state index in [0.717, 1.165) is 31.7 Å². The van der Waals surface area contributed by atoms with E-state index < -0.39 is 9.84 Å². The molecule has 9 heteroatoms. The molecule has 1 N–H and O–H groups in total. The highest BCUT2D eigenvalue weighted by Gasteiger charge is 2.34. The van der Waals surface area contributed by atoms with E-state index in [9.17, 15) is 13.2 Å². The molecule has 0 spiro atoms. The Kier molecular flexibility index (Phi) is 6.71. The summed E-state index contributed by atoms with van der Waals surface area (Å²) in [5, 5.41) is 7.30. The largest absolute Gasteiger partial charge is 0.468 e. The number of aromatic nitrogens is 2. The van der Waals surface area contributed by atoms with Gasteiger partial charge in [0.05, 0.1) is 29.2 Å². The summed E-state index contributed by atoms with van der Waals surface area (Å²) in [6, 6.07) is 11.1. The Morgan fingerprint density at radius 2 is 2.06 bits per heavy atom. The standard InChI is InChI=1S/C24H30N4O4S/c1-4-17(2)28(15-18-9-7-14-32-18)13-8-12-25-24(29)22-20-16-33(30,31)21-11-6-5-10-19(21)23(20)27(3)26-22/h5-7,9-11,14,17H,4,8,12-13,15-16H2,1-3H3,(H,25,29). The molecule has 33 heavy (non-hydrogen) atoms. The second kappa shape index (κ2) is 9.52. The summed E-state index contributed by atoms with van der Waals surface area (Å²) < 4.78 is 32.7. The van der Waals surface area contributed by atoms with Crippen LogP contribution in [0, 0.1) is 0 Å². The fourth-order valence-electron chi connectivity index (χ4n) is 4.31. The van der Waals surface area contributed by atoms with Crippen LogP contribution in [-0.4, -0.2) is 48.1 Å². The second-order valence-electron chi connectivity index (χ2n) is 8.47. The molecule has 4 rings (SSSR count). The maximum atomic E-state index is 12.9. The van der Waals surface area contributed by atoms with Gasteiger partial charge in [0, 0.05) is 37.3 Å². The van der Waals surface area contributed by atoms with Crippen molar-refractivity contribution in [1.29, 1.82) is 0 Å². The molecule has 0 bridgehead atoms. The average Bonchev–Trinajstić information content (AvgIpc) is 3.42. The summed E-state index contributed by atoms with van der Waals surface area (Å²) in [5.74, 6) is 0.351. The van der Waals surface area contributed by atoms with Crippen LogP contribution in [0.3, 0.4) is 0 Å². The van der Waals surface area contributed by atoms with Crippen LogP contribution >= 0.6 is 0 Å². The van der Waals surface area contributed by atoms with Crippen molar-refractivity contribution in [2.24, 2.45) is 7.05 Å². The van der Waals surface area contributed by atoms with Crippen LogP contribution in [0.4, 0.5) is 0 Å². The van der Waals surface area contributed by atoms with E-state index >= 15 is 0 Å². The minimum atomic E-state index is -3.52.